The molecule has 0 radical (unpaired) electrons. The maximum atomic E-state index is 11.8. The summed E-state index contributed by atoms with van der Waals surface area (Å²) in [6.07, 6.45) is 2.67. The van der Waals surface area contributed by atoms with Gasteiger partial charge in [0, 0.05) is 24.7 Å². The molecule has 0 unspecified atom stereocenters. The average Bonchev–Trinajstić information content (AvgIpc) is 2.20. The van der Waals surface area contributed by atoms with Gasteiger partial charge in [0.15, 0.2) is 0 Å². The number of nitrogens with one attached hydrogen (secondary N) is 1. The normalized spacial score (nSPS) is 27.1. The minimum absolute atomic E-state index is 0.152. The number of rotatable bonds is 2. The van der Waals surface area contributed by atoms with E-state index in [0.29, 0.717) is 5.92 Å². The fourth-order valence-electron chi connectivity index (χ4n) is 2.17. The summed E-state index contributed by atoms with van der Waals surface area (Å²) in [5, 5.41) is 2.97. The van der Waals surface area contributed by atoms with Crippen LogP contribution in [0.4, 0.5) is 4.79 Å². The predicted molar refractivity (Wildman–Crippen MR) is 74.1 cm³/mol. The number of alkyl carbamates (subject to hydrolysis) is 1. The summed E-state index contributed by atoms with van der Waals surface area (Å²) in [5.74, 6) is 0.480. The van der Waals surface area contributed by atoms with Crippen LogP contribution in [0.25, 0.3) is 0 Å². The molecule has 0 bridgehead atoms. The van der Waals surface area contributed by atoms with Crippen molar-refractivity contribution in [3.8, 4) is 0 Å². The Kier molecular flexibility index (Phi) is 5.17. The van der Waals surface area contributed by atoms with E-state index in [9.17, 15) is 4.79 Å². The first kappa shape index (κ1) is 15.0. The number of hydrogen-bond acceptors (Lipinski definition) is 3. The van der Waals surface area contributed by atoms with Gasteiger partial charge in [-0.1, -0.05) is 6.92 Å². The molecule has 4 nitrogen and oxygen atoms in total. The number of carbonyl (C=O) groups excluding carboxylic acids is 1. The molecule has 0 heterocycles. The van der Waals surface area contributed by atoms with Gasteiger partial charge in [0.1, 0.15) is 5.60 Å². The van der Waals surface area contributed by atoms with Crippen LogP contribution in [0.2, 0.25) is 0 Å². The highest BCUT2D eigenvalue weighted by Crippen LogP contribution is 2.23. The highest BCUT2D eigenvalue weighted by Gasteiger charge is 2.27. The second-order valence-corrected chi connectivity index (χ2v) is 6.01. The lowest BCUT2D eigenvalue weighted by Crippen LogP contribution is -2.45. The van der Waals surface area contributed by atoms with Crippen molar-refractivity contribution in [1.29, 1.82) is 0 Å². The number of amides is 1. The van der Waals surface area contributed by atoms with Crippen molar-refractivity contribution in [2.75, 3.05) is 6.54 Å². The number of carbonyl (C=O) groups is 1. The van der Waals surface area contributed by atoms with Crippen molar-refractivity contribution in [2.45, 2.75) is 65.5 Å². The lowest BCUT2D eigenvalue weighted by molar-refractivity contribution is 0.0486. The van der Waals surface area contributed by atoms with E-state index in [0.717, 1.165) is 25.8 Å². The maximum absolute atomic E-state index is 11.8. The quantitative estimate of drug-likeness (QED) is 0.823. The van der Waals surface area contributed by atoms with Gasteiger partial charge >= 0.3 is 6.09 Å². The molecule has 1 rings (SSSR count). The minimum atomic E-state index is -0.442. The van der Waals surface area contributed by atoms with Gasteiger partial charge in [-0.3, -0.25) is 4.99 Å². The molecule has 0 spiro atoms. The Morgan fingerprint density at radius 1 is 1.50 bits per heavy atom. The summed E-state index contributed by atoms with van der Waals surface area (Å²) < 4.78 is 5.29. The van der Waals surface area contributed by atoms with Crippen LogP contribution < -0.4 is 5.32 Å². The number of hydrogen-bond donors (Lipinski definition) is 1. The van der Waals surface area contributed by atoms with Gasteiger partial charge in [-0.05, 0) is 46.5 Å². The van der Waals surface area contributed by atoms with Gasteiger partial charge in [0.2, 0.25) is 0 Å². The molecule has 0 aromatic carbocycles. The SMILES string of the molecule is CCN=C1CC[C@H](C)[C@H](NC(=O)OC(C)(C)C)C1. The molecule has 1 amide bonds. The van der Waals surface area contributed by atoms with Crippen molar-refractivity contribution < 1.29 is 9.53 Å². The first-order valence-electron chi connectivity index (χ1n) is 6.83. The lowest BCUT2D eigenvalue weighted by Gasteiger charge is -2.31. The Bertz CT molecular complexity index is 318. The monoisotopic (exact) mass is 254 g/mol. The summed E-state index contributed by atoms with van der Waals surface area (Å²) in [7, 11) is 0. The third kappa shape index (κ3) is 5.07. The van der Waals surface area contributed by atoms with Crippen molar-refractivity contribution in [2.24, 2.45) is 10.9 Å². The number of nitrogens with zero attached hydrogens (tertiary/aromatic N) is 1. The van der Waals surface area contributed by atoms with E-state index in [2.05, 4.69) is 17.2 Å². The highest BCUT2D eigenvalue weighted by atomic mass is 16.6. The fraction of sp³-hybridized carbons (Fsp3) is 0.857. The molecule has 1 aliphatic carbocycles. The van der Waals surface area contributed by atoms with Gasteiger partial charge in [-0.2, -0.15) is 0 Å². The molecule has 4 heteroatoms. The zero-order valence-electron chi connectivity index (χ0n) is 12.2. The second-order valence-electron chi connectivity index (χ2n) is 6.01. The molecule has 0 aromatic heterocycles. The third-order valence-corrected chi connectivity index (χ3v) is 3.11. The van der Waals surface area contributed by atoms with E-state index < -0.39 is 5.60 Å². The van der Waals surface area contributed by atoms with Gasteiger partial charge in [0.25, 0.3) is 0 Å². The summed E-state index contributed by atoms with van der Waals surface area (Å²) in [6, 6.07) is 0.152. The van der Waals surface area contributed by atoms with E-state index in [1.54, 1.807) is 0 Å². The number of aliphatic imine (C=N–C) groups is 1. The van der Waals surface area contributed by atoms with Crippen LogP contribution in [-0.2, 0) is 4.74 Å². The van der Waals surface area contributed by atoms with Crippen molar-refractivity contribution in [3.05, 3.63) is 0 Å². The summed E-state index contributed by atoms with van der Waals surface area (Å²) in [4.78, 5) is 16.2. The standard InChI is InChI=1S/C14H26N2O2/c1-6-15-11-8-7-10(2)12(9-11)16-13(17)18-14(3,4)5/h10,12H,6-9H2,1-5H3,(H,16,17)/t10-,12+/m0/s1. The topological polar surface area (TPSA) is 50.7 Å². The molecule has 1 aliphatic rings. The zero-order chi connectivity index (χ0) is 13.8. The molecule has 18 heavy (non-hydrogen) atoms. The van der Waals surface area contributed by atoms with Crippen LogP contribution >= 0.6 is 0 Å². The average molecular weight is 254 g/mol. The van der Waals surface area contributed by atoms with Crippen LogP contribution in [0, 0.1) is 5.92 Å². The summed E-state index contributed by atoms with van der Waals surface area (Å²) in [5.41, 5.74) is 0.777. The summed E-state index contributed by atoms with van der Waals surface area (Å²) in [6.45, 7) is 10.7. The fourth-order valence-corrected chi connectivity index (χ4v) is 2.17. The van der Waals surface area contributed by atoms with Crippen LogP contribution in [0.1, 0.15) is 53.9 Å². The first-order chi connectivity index (χ1) is 8.31. The first-order valence-corrected chi connectivity index (χ1v) is 6.83. The van der Waals surface area contributed by atoms with Gasteiger partial charge in [-0.15, -0.1) is 0 Å². The van der Waals surface area contributed by atoms with E-state index in [-0.39, 0.29) is 12.1 Å². The lowest BCUT2D eigenvalue weighted by atomic mass is 9.84. The van der Waals surface area contributed by atoms with Gasteiger partial charge in [-0.25, -0.2) is 4.79 Å². The van der Waals surface area contributed by atoms with E-state index in [1.807, 2.05) is 27.7 Å². The van der Waals surface area contributed by atoms with Crippen LogP contribution in [0.15, 0.2) is 4.99 Å². The van der Waals surface area contributed by atoms with E-state index >= 15 is 0 Å². The second kappa shape index (κ2) is 6.21. The Morgan fingerprint density at radius 2 is 2.17 bits per heavy atom. The van der Waals surface area contributed by atoms with Crippen LogP contribution in [0.3, 0.4) is 0 Å². The molecule has 1 saturated carbocycles. The smallest absolute Gasteiger partial charge is 0.407 e. The van der Waals surface area contributed by atoms with E-state index in [4.69, 9.17) is 4.74 Å². The molecular formula is C14H26N2O2. The molecule has 2 atom stereocenters. The molecule has 0 aromatic rings. The number of ether oxygens (including phenoxy) is 1. The minimum Gasteiger partial charge on any atom is -0.444 e. The molecule has 104 valence electrons. The van der Waals surface area contributed by atoms with Crippen molar-refractivity contribution >= 4 is 11.8 Å². The van der Waals surface area contributed by atoms with E-state index in [1.165, 1.54) is 5.71 Å². The Morgan fingerprint density at radius 3 is 2.72 bits per heavy atom. The molecule has 1 fully saturated rings. The largest absolute Gasteiger partial charge is 0.444 e. The van der Waals surface area contributed by atoms with Gasteiger partial charge < -0.3 is 10.1 Å². The Hall–Kier alpha value is -1.06. The Labute approximate surface area is 110 Å². The van der Waals surface area contributed by atoms with Crippen LogP contribution in [0.5, 0.6) is 0 Å². The molecule has 0 saturated heterocycles. The maximum Gasteiger partial charge on any atom is 0.407 e. The predicted octanol–water partition coefficient (Wildman–Crippen LogP) is 3.16. The van der Waals surface area contributed by atoms with Gasteiger partial charge in [0.05, 0.1) is 0 Å². The van der Waals surface area contributed by atoms with Crippen molar-refractivity contribution in [3.63, 3.8) is 0 Å². The molecule has 0 aliphatic heterocycles. The highest BCUT2D eigenvalue weighted by molar-refractivity contribution is 5.86. The Balaban J connectivity index is 2.53. The zero-order valence-corrected chi connectivity index (χ0v) is 12.2. The van der Waals surface area contributed by atoms with Crippen LogP contribution in [-0.4, -0.2) is 30.0 Å². The third-order valence-electron chi connectivity index (χ3n) is 3.11. The van der Waals surface area contributed by atoms with Crippen molar-refractivity contribution in [1.82, 2.24) is 5.32 Å². The molecular weight excluding hydrogens is 228 g/mol. The summed E-state index contributed by atoms with van der Waals surface area (Å²) >= 11 is 0. The molecule has 1 N–H and O–H groups in total.